The van der Waals surface area contributed by atoms with Gasteiger partial charge in [-0.3, -0.25) is 0 Å². The Hall–Kier alpha value is -2.18. The minimum absolute atomic E-state index is 0.166. The molecule has 2 rings (SSSR count). The standard InChI is InChI=1S/C17H14ClFO2/c1-20-15-6-2-4-14(10-15)12-21-17-11-13(5-3-9-18)7-8-16(17)19/h2,4,6-8,10-11H,9,12H2,1H3. The summed E-state index contributed by atoms with van der Waals surface area (Å²) in [5, 5.41) is 0. The molecule has 21 heavy (non-hydrogen) atoms. The van der Waals surface area contributed by atoms with Crippen LogP contribution in [0.2, 0.25) is 0 Å². The van der Waals surface area contributed by atoms with Crippen LogP contribution < -0.4 is 9.47 Å². The maximum Gasteiger partial charge on any atom is 0.165 e. The maximum absolute atomic E-state index is 13.7. The van der Waals surface area contributed by atoms with E-state index in [0.717, 1.165) is 11.3 Å². The van der Waals surface area contributed by atoms with E-state index in [1.165, 1.54) is 6.07 Å². The molecular weight excluding hydrogens is 291 g/mol. The monoisotopic (exact) mass is 304 g/mol. The highest BCUT2D eigenvalue weighted by Crippen LogP contribution is 2.21. The van der Waals surface area contributed by atoms with E-state index in [2.05, 4.69) is 11.8 Å². The van der Waals surface area contributed by atoms with Gasteiger partial charge in [-0.15, -0.1) is 11.6 Å². The van der Waals surface area contributed by atoms with Crippen LogP contribution in [0.25, 0.3) is 0 Å². The molecule has 0 N–H and O–H groups in total. The first-order chi connectivity index (χ1) is 10.2. The zero-order valence-corrected chi connectivity index (χ0v) is 12.3. The van der Waals surface area contributed by atoms with Crippen molar-refractivity contribution >= 4 is 11.6 Å². The van der Waals surface area contributed by atoms with Gasteiger partial charge in [-0.1, -0.05) is 24.0 Å². The van der Waals surface area contributed by atoms with Gasteiger partial charge in [-0.2, -0.15) is 0 Å². The number of halogens is 2. The molecule has 108 valence electrons. The predicted molar refractivity (Wildman–Crippen MR) is 81.3 cm³/mol. The number of benzene rings is 2. The van der Waals surface area contributed by atoms with Crippen molar-refractivity contribution in [1.82, 2.24) is 0 Å². The highest BCUT2D eigenvalue weighted by molar-refractivity contribution is 6.19. The van der Waals surface area contributed by atoms with E-state index in [4.69, 9.17) is 21.1 Å². The smallest absolute Gasteiger partial charge is 0.165 e. The topological polar surface area (TPSA) is 18.5 Å². The molecule has 0 amide bonds. The normalized spacial score (nSPS) is 9.67. The van der Waals surface area contributed by atoms with Crippen LogP contribution in [-0.2, 0) is 6.61 Å². The number of hydrogen-bond donors (Lipinski definition) is 0. The van der Waals surface area contributed by atoms with Crippen LogP contribution in [0.5, 0.6) is 11.5 Å². The molecule has 2 aromatic carbocycles. The molecule has 0 aliphatic rings. The largest absolute Gasteiger partial charge is 0.497 e. The fourth-order valence-corrected chi connectivity index (χ4v) is 1.82. The number of rotatable bonds is 4. The van der Waals surface area contributed by atoms with Gasteiger partial charge in [0.05, 0.1) is 13.0 Å². The second-order valence-corrected chi connectivity index (χ2v) is 4.49. The lowest BCUT2D eigenvalue weighted by Gasteiger charge is -2.09. The molecule has 2 aromatic rings. The molecule has 4 heteroatoms. The zero-order chi connectivity index (χ0) is 15.1. The number of alkyl halides is 1. The van der Waals surface area contributed by atoms with E-state index in [1.807, 2.05) is 24.3 Å². The van der Waals surface area contributed by atoms with Gasteiger partial charge in [0.25, 0.3) is 0 Å². The van der Waals surface area contributed by atoms with Crippen molar-refractivity contribution < 1.29 is 13.9 Å². The van der Waals surface area contributed by atoms with Crippen LogP contribution in [-0.4, -0.2) is 13.0 Å². The van der Waals surface area contributed by atoms with Gasteiger partial charge in [0.15, 0.2) is 11.6 Å². The van der Waals surface area contributed by atoms with Crippen molar-refractivity contribution in [2.24, 2.45) is 0 Å². The van der Waals surface area contributed by atoms with Crippen LogP contribution in [0, 0.1) is 17.7 Å². The van der Waals surface area contributed by atoms with Gasteiger partial charge in [0, 0.05) is 5.56 Å². The Morgan fingerprint density at radius 2 is 2.05 bits per heavy atom. The molecule has 0 aliphatic heterocycles. The lowest BCUT2D eigenvalue weighted by molar-refractivity contribution is 0.289. The average molecular weight is 305 g/mol. The summed E-state index contributed by atoms with van der Waals surface area (Å²) in [7, 11) is 1.60. The Morgan fingerprint density at radius 1 is 1.19 bits per heavy atom. The highest BCUT2D eigenvalue weighted by Gasteiger charge is 2.05. The highest BCUT2D eigenvalue weighted by atomic mass is 35.5. The molecule has 0 radical (unpaired) electrons. The van der Waals surface area contributed by atoms with Gasteiger partial charge < -0.3 is 9.47 Å². The number of ether oxygens (including phenoxy) is 2. The summed E-state index contributed by atoms with van der Waals surface area (Å²) in [4.78, 5) is 0. The average Bonchev–Trinajstić information content (AvgIpc) is 2.53. The Morgan fingerprint density at radius 3 is 2.81 bits per heavy atom. The van der Waals surface area contributed by atoms with Gasteiger partial charge in [-0.25, -0.2) is 4.39 Å². The minimum atomic E-state index is -0.422. The van der Waals surface area contributed by atoms with Crippen molar-refractivity contribution in [2.75, 3.05) is 13.0 Å². The molecule has 0 aromatic heterocycles. The molecular formula is C17H14ClFO2. The molecule has 0 heterocycles. The first kappa shape index (κ1) is 15.2. The summed E-state index contributed by atoms with van der Waals surface area (Å²) in [6.07, 6.45) is 0. The second kappa shape index (κ2) is 7.56. The third-order valence-corrected chi connectivity index (χ3v) is 2.89. The summed E-state index contributed by atoms with van der Waals surface area (Å²) in [6, 6.07) is 11.9. The van der Waals surface area contributed by atoms with Crippen molar-refractivity contribution in [1.29, 1.82) is 0 Å². The third-order valence-electron chi connectivity index (χ3n) is 2.76. The SMILES string of the molecule is COc1cccc(COc2cc(C#CCCl)ccc2F)c1. The summed E-state index contributed by atoms with van der Waals surface area (Å²) >= 11 is 5.50. The van der Waals surface area contributed by atoms with E-state index in [0.29, 0.717) is 5.56 Å². The van der Waals surface area contributed by atoms with Crippen molar-refractivity contribution in [3.8, 4) is 23.3 Å². The van der Waals surface area contributed by atoms with Gasteiger partial charge >= 0.3 is 0 Å². The molecule has 0 aliphatic carbocycles. The second-order valence-electron chi connectivity index (χ2n) is 4.22. The molecule has 0 saturated heterocycles. The van der Waals surface area contributed by atoms with Crippen LogP contribution in [0.1, 0.15) is 11.1 Å². The van der Waals surface area contributed by atoms with E-state index in [9.17, 15) is 4.39 Å². The van der Waals surface area contributed by atoms with Crippen LogP contribution in [0.3, 0.4) is 0 Å². The lowest BCUT2D eigenvalue weighted by Crippen LogP contribution is -1.98. The van der Waals surface area contributed by atoms with Crippen molar-refractivity contribution in [2.45, 2.75) is 6.61 Å². The van der Waals surface area contributed by atoms with Gasteiger partial charge in [0.2, 0.25) is 0 Å². The zero-order valence-electron chi connectivity index (χ0n) is 11.5. The van der Waals surface area contributed by atoms with Gasteiger partial charge in [0.1, 0.15) is 12.4 Å². The molecule has 0 fully saturated rings. The number of methoxy groups -OCH3 is 1. The summed E-state index contributed by atoms with van der Waals surface area (Å²) in [6.45, 7) is 0.251. The molecule has 0 spiro atoms. The lowest BCUT2D eigenvalue weighted by atomic mass is 10.2. The van der Waals surface area contributed by atoms with E-state index in [1.54, 1.807) is 19.2 Å². The first-order valence-corrected chi connectivity index (χ1v) is 6.86. The van der Waals surface area contributed by atoms with E-state index < -0.39 is 5.82 Å². The molecule has 0 saturated carbocycles. The van der Waals surface area contributed by atoms with Gasteiger partial charge in [-0.05, 0) is 35.9 Å². The van der Waals surface area contributed by atoms with E-state index in [-0.39, 0.29) is 18.2 Å². The number of hydrogen-bond acceptors (Lipinski definition) is 2. The first-order valence-electron chi connectivity index (χ1n) is 6.33. The molecule has 2 nitrogen and oxygen atoms in total. The Balaban J connectivity index is 2.11. The summed E-state index contributed by atoms with van der Waals surface area (Å²) < 4.78 is 24.4. The van der Waals surface area contributed by atoms with Crippen molar-refractivity contribution in [3.63, 3.8) is 0 Å². The fourth-order valence-electron chi connectivity index (χ4n) is 1.75. The maximum atomic E-state index is 13.7. The van der Waals surface area contributed by atoms with Crippen molar-refractivity contribution in [3.05, 3.63) is 59.4 Å². The molecule has 0 atom stereocenters. The summed E-state index contributed by atoms with van der Waals surface area (Å²) in [5.74, 6) is 6.26. The third kappa shape index (κ3) is 4.40. The fraction of sp³-hybridized carbons (Fsp3) is 0.176. The molecule has 0 unspecified atom stereocenters. The Bertz CT molecular complexity index is 674. The Kier molecular flexibility index (Phi) is 5.48. The predicted octanol–water partition coefficient (Wildman–Crippen LogP) is 4.00. The van der Waals surface area contributed by atoms with Crippen LogP contribution in [0.4, 0.5) is 4.39 Å². The quantitative estimate of drug-likeness (QED) is 0.628. The van der Waals surface area contributed by atoms with Crippen LogP contribution in [0.15, 0.2) is 42.5 Å². The van der Waals surface area contributed by atoms with Crippen LogP contribution >= 0.6 is 11.6 Å². The Labute approximate surface area is 128 Å². The molecule has 0 bridgehead atoms. The summed E-state index contributed by atoms with van der Waals surface area (Å²) in [5.41, 5.74) is 1.56. The van der Waals surface area contributed by atoms with E-state index >= 15 is 0 Å². The minimum Gasteiger partial charge on any atom is -0.497 e.